The molecule has 0 unspecified atom stereocenters. The van der Waals surface area contributed by atoms with E-state index in [1.54, 1.807) is 23.1 Å². The standard InChI is InChI=1S/C19H23N3O4S/c1-3-4-5-8-22(10-17(23)21-19-20-13(2)11-27-19)18(24)14-6-7-15-16(9-14)26-12-25-15/h6-7,9,11H,3-5,8,10,12H2,1-2H3,(H,20,21,23). The monoisotopic (exact) mass is 389 g/mol. The summed E-state index contributed by atoms with van der Waals surface area (Å²) in [5.41, 5.74) is 1.33. The van der Waals surface area contributed by atoms with E-state index in [0.29, 0.717) is 28.7 Å². The molecule has 0 fully saturated rings. The largest absolute Gasteiger partial charge is 0.454 e. The van der Waals surface area contributed by atoms with Crippen LogP contribution in [0.25, 0.3) is 0 Å². The van der Waals surface area contributed by atoms with Crippen LogP contribution in [0.2, 0.25) is 0 Å². The van der Waals surface area contributed by atoms with Crippen LogP contribution in [0.15, 0.2) is 23.6 Å². The Labute approximate surface area is 162 Å². The summed E-state index contributed by atoms with van der Waals surface area (Å²) in [6.45, 7) is 4.62. The van der Waals surface area contributed by atoms with Crippen molar-refractivity contribution in [3.63, 3.8) is 0 Å². The number of nitrogens with one attached hydrogen (secondary N) is 1. The van der Waals surface area contributed by atoms with E-state index in [4.69, 9.17) is 9.47 Å². The Hall–Kier alpha value is -2.61. The Morgan fingerprint density at radius 1 is 1.26 bits per heavy atom. The van der Waals surface area contributed by atoms with E-state index < -0.39 is 0 Å². The van der Waals surface area contributed by atoms with Gasteiger partial charge in [-0.2, -0.15) is 0 Å². The second-order valence-corrected chi connectivity index (χ2v) is 7.20. The summed E-state index contributed by atoms with van der Waals surface area (Å²) in [6.07, 6.45) is 2.88. The molecule has 144 valence electrons. The van der Waals surface area contributed by atoms with Crippen molar-refractivity contribution in [3.05, 3.63) is 34.8 Å². The van der Waals surface area contributed by atoms with Crippen LogP contribution in [-0.4, -0.2) is 41.6 Å². The fourth-order valence-corrected chi connectivity index (χ4v) is 3.47. The van der Waals surface area contributed by atoms with Crippen LogP contribution in [-0.2, 0) is 4.79 Å². The van der Waals surface area contributed by atoms with Crippen molar-refractivity contribution in [2.75, 3.05) is 25.2 Å². The van der Waals surface area contributed by atoms with E-state index in [1.165, 1.54) is 11.3 Å². The Balaban J connectivity index is 1.69. The van der Waals surface area contributed by atoms with Crippen molar-refractivity contribution in [2.24, 2.45) is 0 Å². The number of nitrogens with zero attached hydrogens (tertiary/aromatic N) is 2. The van der Waals surface area contributed by atoms with E-state index in [9.17, 15) is 9.59 Å². The fraction of sp³-hybridized carbons (Fsp3) is 0.421. The van der Waals surface area contributed by atoms with E-state index in [-0.39, 0.29) is 25.2 Å². The number of thiazole rings is 1. The fourth-order valence-electron chi connectivity index (χ4n) is 2.76. The van der Waals surface area contributed by atoms with Gasteiger partial charge in [-0.25, -0.2) is 4.98 Å². The van der Waals surface area contributed by atoms with Gasteiger partial charge in [0, 0.05) is 17.5 Å². The molecule has 0 spiro atoms. The first-order valence-electron chi connectivity index (χ1n) is 8.97. The number of carbonyl (C=O) groups is 2. The van der Waals surface area contributed by atoms with Crippen LogP contribution in [0.1, 0.15) is 42.2 Å². The number of anilines is 1. The Morgan fingerprint density at radius 2 is 2.07 bits per heavy atom. The van der Waals surface area contributed by atoms with Gasteiger partial charge in [-0.1, -0.05) is 19.8 Å². The van der Waals surface area contributed by atoms with Crippen molar-refractivity contribution < 1.29 is 19.1 Å². The number of aromatic nitrogens is 1. The summed E-state index contributed by atoms with van der Waals surface area (Å²) in [4.78, 5) is 31.2. The second-order valence-electron chi connectivity index (χ2n) is 6.34. The van der Waals surface area contributed by atoms with Gasteiger partial charge in [-0.15, -0.1) is 11.3 Å². The lowest BCUT2D eigenvalue weighted by Gasteiger charge is -2.22. The summed E-state index contributed by atoms with van der Waals surface area (Å²) in [7, 11) is 0. The number of rotatable bonds is 8. The molecule has 1 N–H and O–H groups in total. The van der Waals surface area contributed by atoms with Gasteiger partial charge in [-0.05, 0) is 31.5 Å². The molecular formula is C19H23N3O4S. The summed E-state index contributed by atoms with van der Waals surface area (Å²) in [5, 5.41) is 5.17. The zero-order valence-electron chi connectivity index (χ0n) is 15.5. The molecule has 2 heterocycles. The molecule has 1 aliphatic rings. The van der Waals surface area contributed by atoms with E-state index in [2.05, 4.69) is 17.2 Å². The highest BCUT2D eigenvalue weighted by Gasteiger charge is 2.22. The molecular weight excluding hydrogens is 366 g/mol. The first kappa shape index (κ1) is 19.2. The highest BCUT2D eigenvalue weighted by molar-refractivity contribution is 7.13. The number of aryl methyl sites for hydroxylation is 1. The molecule has 0 bridgehead atoms. The van der Waals surface area contributed by atoms with Crippen molar-refractivity contribution in [2.45, 2.75) is 33.1 Å². The van der Waals surface area contributed by atoms with Gasteiger partial charge in [0.25, 0.3) is 5.91 Å². The van der Waals surface area contributed by atoms with Crippen LogP contribution < -0.4 is 14.8 Å². The third-order valence-electron chi connectivity index (χ3n) is 4.14. The Bertz CT molecular complexity index is 821. The van der Waals surface area contributed by atoms with E-state index in [1.807, 2.05) is 12.3 Å². The van der Waals surface area contributed by atoms with Crippen LogP contribution in [0.4, 0.5) is 5.13 Å². The maximum Gasteiger partial charge on any atom is 0.254 e. The minimum atomic E-state index is -0.255. The number of hydrogen-bond acceptors (Lipinski definition) is 6. The SMILES string of the molecule is CCCCCN(CC(=O)Nc1nc(C)cs1)C(=O)c1ccc2c(c1)OCO2. The van der Waals surface area contributed by atoms with Gasteiger partial charge in [0.2, 0.25) is 12.7 Å². The molecule has 7 nitrogen and oxygen atoms in total. The molecule has 1 aromatic heterocycles. The van der Waals surface area contributed by atoms with Crippen molar-refractivity contribution in [1.29, 1.82) is 0 Å². The summed E-state index contributed by atoms with van der Waals surface area (Å²) >= 11 is 1.37. The molecule has 8 heteroatoms. The summed E-state index contributed by atoms with van der Waals surface area (Å²) in [6, 6.07) is 5.09. The average molecular weight is 389 g/mol. The lowest BCUT2D eigenvalue weighted by atomic mass is 10.1. The predicted octanol–water partition coefficient (Wildman–Crippen LogP) is 3.45. The van der Waals surface area contributed by atoms with Crippen molar-refractivity contribution in [3.8, 4) is 11.5 Å². The number of fused-ring (bicyclic) bond motifs is 1. The number of carbonyl (C=O) groups excluding carboxylic acids is 2. The average Bonchev–Trinajstić information content (AvgIpc) is 3.28. The van der Waals surface area contributed by atoms with Gasteiger partial charge in [0.05, 0.1) is 5.69 Å². The summed E-state index contributed by atoms with van der Waals surface area (Å²) < 4.78 is 10.6. The maximum absolute atomic E-state index is 13.0. The van der Waals surface area contributed by atoms with Gasteiger partial charge in [0.15, 0.2) is 16.6 Å². The zero-order chi connectivity index (χ0) is 19.2. The maximum atomic E-state index is 13.0. The number of unbranched alkanes of at least 4 members (excludes halogenated alkanes) is 2. The van der Waals surface area contributed by atoms with E-state index >= 15 is 0 Å². The van der Waals surface area contributed by atoms with Crippen LogP contribution in [0, 0.1) is 6.92 Å². The molecule has 0 aliphatic carbocycles. The smallest absolute Gasteiger partial charge is 0.254 e. The Kier molecular flexibility index (Phi) is 6.28. The summed E-state index contributed by atoms with van der Waals surface area (Å²) in [5.74, 6) is 0.725. The third kappa shape index (κ3) is 4.97. The number of ether oxygens (including phenoxy) is 2. The number of amides is 2. The quantitative estimate of drug-likeness (QED) is 0.700. The van der Waals surface area contributed by atoms with E-state index in [0.717, 1.165) is 25.0 Å². The van der Waals surface area contributed by atoms with Gasteiger partial charge in [0.1, 0.15) is 6.54 Å². The molecule has 0 radical (unpaired) electrons. The molecule has 0 saturated heterocycles. The third-order valence-corrected chi connectivity index (χ3v) is 5.01. The van der Waals surface area contributed by atoms with Crippen molar-refractivity contribution in [1.82, 2.24) is 9.88 Å². The highest BCUT2D eigenvalue weighted by Crippen LogP contribution is 2.32. The normalized spacial score (nSPS) is 12.1. The second kappa shape index (κ2) is 8.85. The molecule has 1 aliphatic heterocycles. The molecule has 27 heavy (non-hydrogen) atoms. The topological polar surface area (TPSA) is 80.8 Å². The molecule has 1 aromatic carbocycles. The number of hydrogen-bond donors (Lipinski definition) is 1. The minimum absolute atomic E-state index is 0.0182. The van der Waals surface area contributed by atoms with Crippen LogP contribution in [0.3, 0.4) is 0 Å². The molecule has 0 saturated carbocycles. The highest BCUT2D eigenvalue weighted by atomic mass is 32.1. The van der Waals surface area contributed by atoms with Crippen LogP contribution >= 0.6 is 11.3 Å². The molecule has 3 rings (SSSR count). The van der Waals surface area contributed by atoms with Gasteiger partial charge < -0.3 is 19.7 Å². The molecule has 2 amide bonds. The van der Waals surface area contributed by atoms with Crippen LogP contribution in [0.5, 0.6) is 11.5 Å². The van der Waals surface area contributed by atoms with Crippen molar-refractivity contribution >= 4 is 28.3 Å². The first-order chi connectivity index (χ1) is 13.1. The van der Waals surface area contributed by atoms with Gasteiger partial charge in [-0.3, -0.25) is 9.59 Å². The first-order valence-corrected chi connectivity index (χ1v) is 9.85. The minimum Gasteiger partial charge on any atom is -0.454 e. The lowest BCUT2D eigenvalue weighted by molar-refractivity contribution is -0.116. The molecule has 0 atom stereocenters. The predicted molar refractivity (Wildman–Crippen MR) is 103 cm³/mol. The van der Waals surface area contributed by atoms with Gasteiger partial charge >= 0.3 is 0 Å². The number of benzene rings is 1. The lowest BCUT2D eigenvalue weighted by Crippen LogP contribution is -2.38. The molecule has 2 aromatic rings. The zero-order valence-corrected chi connectivity index (χ0v) is 16.3. The Morgan fingerprint density at radius 3 is 2.81 bits per heavy atom.